The fourth-order valence-electron chi connectivity index (χ4n) is 1.84. The van der Waals surface area contributed by atoms with E-state index in [1.807, 2.05) is 43.3 Å². The molecule has 0 heterocycles. The van der Waals surface area contributed by atoms with E-state index in [0.29, 0.717) is 31.3 Å². The molecule has 0 fully saturated rings. The highest BCUT2D eigenvalue weighted by Crippen LogP contribution is 2.28. The summed E-state index contributed by atoms with van der Waals surface area (Å²) in [6.07, 6.45) is 0. The summed E-state index contributed by atoms with van der Waals surface area (Å²) in [7, 11) is 0. The molecule has 3 heteroatoms. The molecule has 0 atom stereocenters. The second-order valence-electron chi connectivity index (χ2n) is 4.16. The maximum atomic E-state index is 6.01. The third kappa shape index (κ3) is 3.73. The van der Waals surface area contributed by atoms with Crippen LogP contribution < -0.4 is 10.5 Å². The van der Waals surface area contributed by atoms with Gasteiger partial charge in [-0.1, -0.05) is 36.4 Å². The lowest BCUT2D eigenvalue weighted by molar-refractivity contribution is 0.110. The SMILES string of the molecule is CCOCCOc1ccc(-c2ccccc2)cc1N. The molecule has 0 saturated heterocycles. The molecule has 0 amide bonds. The van der Waals surface area contributed by atoms with Gasteiger partial charge in [0.1, 0.15) is 12.4 Å². The Morgan fingerprint density at radius 3 is 2.42 bits per heavy atom. The van der Waals surface area contributed by atoms with Crippen molar-refractivity contribution in [1.29, 1.82) is 0 Å². The first kappa shape index (κ1) is 13.4. The van der Waals surface area contributed by atoms with Crippen LogP contribution in [0.25, 0.3) is 11.1 Å². The Morgan fingerprint density at radius 2 is 1.74 bits per heavy atom. The minimum Gasteiger partial charge on any atom is -0.489 e. The first-order valence-corrected chi connectivity index (χ1v) is 6.46. The summed E-state index contributed by atoms with van der Waals surface area (Å²) in [4.78, 5) is 0. The number of ether oxygens (including phenoxy) is 2. The van der Waals surface area contributed by atoms with Crippen LogP contribution in [0.2, 0.25) is 0 Å². The van der Waals surface area contributed by atoms with E-state index in [0.717, 1.165) is 11.1 Å². The van der Waals surface area contributed by atoms with E-state index in [1.54, 1.807) is 0 Å². The minimum atomic E-state index is 0.517. The molecule has 2 aromatic carbocycles. The van der Waals surface area contributed by atoms with Crippen LogP contribution in [0.3, 0.4) is 0 Å². The molecule has 2 N–H and O–H groups in total. The minimum absolute atomic E-state index is 0.517. The number of nitrogen functional groups attached to an aromatic ring is 1. The summed E-state index contributed by atoms with van der Waals surface area (Å²) in [5.74, 6) is 0.708. The predicted molar refractivity (Wildman–Crippen MR) is 78.3 cm³/mol. The molecule has 0 spiro atoms. The summed E-state index contributed by atoms with van der Waals surface area (Å²) >= 11 is 0. The van der Waals surface area contributed by atoms with Crippen LogP contribution in [0.5, 0.6) is 5.75 Å². The first-order valence-electron chi connectivity index (χ1n) is 6.46. The van der Waals surface area contributed by atoms with Crippen LogP contribution in [0.4, 0.5) is 5.69 Å². The summed E-state index contributed by atoms with van der Waals surface area (Å²) in [6.45, 7) is 3.76. The average molecular weight is 257 g/mol. The van der Waals surface area contributed by atoms with E-state index in [1.165, 1.54) is 0 Å². The van der Waals surface area contributed by atoms with E-state index >= 15 is 0 Å². The number of hydrogen-bond acceptors (Lipinski definition) is 3. The van der Waals surface area contributed by atoms with Crippen molar-refractivity contribution in [1.82, 2.24) is 0 Å². The van der Waals surface area contributed by atoms with Crippen LogP contribution in [0.1, 0.15) is 6.92 Å². The van der Waals surface area contributed by atoms with Crippen LogP contribution in [0.15, 0.2) is 48.5 Å². The largest absolute Gasteiger partial charge is 0.489 e. The van der Waals surface area contributed by atoms with Gasteiger partial charge in [-0.15, -0.1) is 0 Å². The Hall–Kier alpha value is -2.00. The summed E-state index contributed by atoms with van der Waals surface area (Å²) in [6, 6.07) is 16.0. The molecule has 0 aliphatic carbocycles. The monoisotopic (exact) mass is 257 g/mol. The highest BCUT2D eigenvalue weighted by Gasteiger charge is 2.03. The van der Waals surface area contributed by atoms with Crippen LogP contribution in [0, 0.1) is 0 Å². The van der Waals surface area contributed by atoms with Crippen molar-refractivity contribution in [2.45, 2.75) is 6.92 Å². The molecule has 2 aromatic rings. The Balaban J connectivity index is 2.05. The molecule has 0 aliphatic heterocycles. The number of hydrogen-bond donors (Lipinski definition) is 1. The van der Waals surface area contributed by atoms with Crippen molar-refractivity contribution in [3.8, 4) is 16.9 Å². The molecular formula is C16H19NO2. The molecular weight excluding hydrogens is 238 g/mol. The molecule has 0 unspecified atom stereocenters. The fraction of sp³-hybridized carbons (Fsp3) is 0.250. The standard InChI is InChI=1S/C16H19NO2/c1-2-18-10-11-19-16-9-8-14(12-15(16)17)13-6-4-3-5-7-13/h3-9,12H,2,10-11,17H2,1H3. The fourth-order valence-corrected chi connectivity index (χ4v) is 1.84. The Kier molecular flexibility index (Phi) is 4.81. The second-order valence-corrected chi connectivity index (χ2v) is 4.16. The maximum absolute atomic E-state index is 6.01. The zero-order valence-electron chi connectivity index (χ0n) is 11.1. The summed E-state index contributed by atoms with van der Waals surface area (Å²) in [5, 5.41) is 0. The molecule has 2 rings (SSSR count). The van der Waals surface area contributed by atoms with Gasteiger partial charge in [-0.3, -0.25) is 0 Å². The van der Waals surface area contributed by atoms with Crippen LogP contribution in [-0.2, 0) is 4.74 Å². The Morgan fingerprint density at radius 1 is 0.947 bits per heavy atom. The van der Waals surface area contributed by atoms with Gasteiger partial charge in [0.25, 0.3) is 0 Å². The van der Waals surface area contributed by atoms with Gasteiger partial charge in [-0.25, -0.2) is 0 Å². The van der Waals surface area contributed by atoms with Crippen molar-refractivity contribution in [2.75, 3.05) is 25.6 Å². The van der Waals surface area contributed by atoms with E-state index in [-0.39, 0.29) is 0 Å². The average Bonchev–Trinajstić information content (AvgIpc) is 2.46. The topological polar surface area (TPSA) is 44.5 Å². The van der Waals surface area contributed by atoms with E-state index < -0.39 is 0 Å². The van der Waals surface area contributed by atoms with Gasteiger partial charge in [0, 0.05) is 6.61 Å². The molecule has 0 radical (unpaired) electrons. The third-order valence-corrected chi connectivity index (χ3v) is 2.81. The van der Waals surface area contributed by atoms with Crippen LogP contribution >= 0.6 is 0 Å². The molecule has 100 valence electrons. The van der Waals surface area contributed by atoms with Crippen molar-refractivity contribution in [3.63, 3.8) is 0 Å². The van der Waals surface area contributed by atoms with E-state index in [4.69, 9.17) is 15.2 Å². The predicted octanol–water partition coefficient (Wildman–Crippen LogP) is 3.35. The molecule has 0 aromatic heterocycles. The van der Waals surface area contributed by atoms with Gasteiger partial charge in [-0.2, -0.15) is 0 Å². The second kappa shape index (κ2) is 6.81. The number of anilines is 1. The highest BCUT2D eigenvalue weighted by molar-refractivity contribution is 5.70. The number of benzene rings is 2. The normalized spacial score (nSPS) is 10.4. The van der Waals surface area contributed by atoms with Gasteiger partial charge in [0.2, 0.25) is 0 Å². The lowest BCUT2D eigenvalue weighted by Gasteiger charge is -2.10. The zero-order valence-corrected chi connectivity index (χ0v) is 11.1. The number of nitrogens with two attached hydrogens (primary N) is 1. The van der Waals surface area contributed by atoms with Gasteiger partial charge in [-0.05, 0) is 30.2 Å². The lowest BCUT2D eigenvalue weighted by Crippen LogP contribution is -2.07. The molecule has 3 nitrogen and oxygen atoms in total. The summed E-state index contributed by atoms with van der Waals surface area (Å²) in [5.41, 5.74) is 8.90. The molecule has 0 saturated carbocycles. The Labute approximate surface area is 114 Å². The highest BCUT2D eigenvalue weighted by atomic mass is 16.5. The van der Waals surface area contributed by atoms with Crippen molar-refractivity contribution in [3.05, 3.63) is 48.5 Å². The summed E-state index contributed by atoms with van der Waals surface area (Å²) < 4.78 is 10.8. The van der Waals surface area contributed by atoms with Crippen LogP contribution in [-0.4, -0.2) is 19.8 Å². The first-order chi connectivity index (χ1) is 9.31. The quantitative estimate of drug-likeness (QED) is 0.637. The van der Waals surface area contributed by atoms with Crippen molar-refractivity contribution >= 4 is 5.69 Å². The Bertz CT molecular complexity index is 511. The van der Waals surface area contributed by atoms with E-state index in [9.17, 15) is 0 Å². The van der Waals surface area contributed by atoms with Gasteiger partial charge in [0.05, 0.1) is 12.3 Å². The smallest absolute Gasteiger partial charge is 0.142 e. The third-order valence-electron chi connectivity index (χ3n) is 2.81. The lowest BCUT2D eigenvalue weighted by atomic mass is 10.1. The van der Waals surface area contributed by atoms with Gasteiger partial charge in [0.15, 0.2) is 0 Å². The molecule has 19 heavy (non-hydrogen) atoms. The van der Waals surface area contributed by atoms with Crippen molar-refractivity contribution in [2.24, 2.45) is 0 Å². The molecule has 0 bridgehead atoms. The molecule has 0 aliphatic rings. The number of rotatable bonds is 6. The maximum Gasteiger partial charge on any atom is 0.142 e. The zero-order chi connectivity index (χ0) is 13.5. The van der Waals surface area contributed by atoms with Gasteiger partial charge < -0.3 is 15.2 Å². The van der Waals surface area contributed by atoms with E-state index in [2.05, 4.69) is 12.1 Å². The van der Waals surface area contributed by atoms with Crippen molar-refractivity contribution < 1.29 is 9.47 Å². The van der Waals surface area contributed by atoms with Gasteiger partial charge >= 0.3 is 0 Å².